The Bertz CT molecular complexity index is 476. The number of hydrogen-bond acceptors (Lipinski definition) is 2. The molecule has 1 heterocycles. The van der Waals surface area contributed by atoms with Gasteiger partial charge in [0.2, 0.25) is 0 Å². The number of piperidine rings is 1. The number of rotatable bonds is 5. The molecule has 0 aliphatic carbocycles. The van der Waals surface area contributed by atoms with Gasteiger partial charge < -0.3 is 15.5 Å². The number of aliphatic imine (C=N–C) groups is 1. The van der Waals surface area contributed by atoms with E-state index < -0.39 is 0 Å². The van der Waals surface area contributed by atoms with E-state index in [2.05, 4.69) is 58.8 Å². The van der Waals surface area contributed by atoms with Crippen LogP contribution in [0, 0.1) is 12.8 Å². The summed E-state index contributed by atoms with van der Waals surface area (Å²) in [6.45, 7) is 6.45. The quantitative estimate of drug-likeness (QED) is 0.648. The van der Waals surface area contributed by atoms with E-state index in [4.69, 9.17) is 0 Å². The van der Waals surface area contributed by atoms with E-state index in [0.29, 0.717) is 0 Å². The van der Waals surface area contributed by atoms with Crippen LogP contribution < -0.4 is 10.6 Å². The van der Waals surface area contributed by atoms with E-state index in [-0.39, 0.29) is 0 Å². The Morgan fingerprint density at radius 3 is 2.64 bits per heavy atom. The van der Waals surface area contributed by atoms with Crippen LogP contribution in [0.1, 0.15) is 30.4 Å². The molecule has 0 amide bonds. The van der Waals surface area contributed by atoms with Crippen molar-refractivity contribution in [3.05, 3.63) is 35.4 Å². The van der Waals surface area contributed by atoms with Gasteiger partial charge in [0.1, 0.15) is 0 Å². The van der Waals surface area contributed by atoms with Crippen LogP contribution in [0.4, 0.5) is 0 Å². The summed E-state index contributed by atoms with van der Waals surface area (Å²) < 4.78 is 0. The molecule has 4 heteroatoms. The highest BCUT2D eigenvalue weighted by Crippen LogP contribution is 2.18. The molecule has 1 aromatic rings. The second kappa shape index (κ2) is 8.79. The first-order valence-electron chi connectivity index (χ1n) is 8.36. The van der Waals surface area contributed by atoms with Gasteiger partial charge in [-0.15, -0.1) is 0 Å². The lowest BCUT2D eigenvalue weighted by molar-refractivity contribution is 0.213. The minimum absolute atomic E-state index is 0.820. The number of guanidine groups is 1. The fourth-order valence-electron chi connectivity index (χ4n) is 2.95. The number of nitrogens with one attached hydrogen (secondary N) is 2. The Kier molecular flexibility index (Phi) is 6.72. The molecular formula is C18H30N4. The summed E-state index contributed by atoms with van der Waals surface area (Å²) in [5, 5.41) is 6.84. The van der Waals surface area contributed by atoms with Crippen LogP contribution in [-0.2, 0) is 6.54 Å². The molecular weight excluding hydrogens is 272 g/mol. The highest BCUT2D eigenvalue weighted by atomic mass is 15.2. The molecule has 1 saturated heterocycles. The Morgan fingerprint density at radius 1 is 1.23 bits per heavy atom. The third-order valence-corrected chi connectivity index (χ3v) is 4.61. The molecule has 0 radical (unpaired) electrons. The average Bonchev–Trinajstić information content (AvgIpc) is 2.54. The third kappa shape index (κ3) is 5.34. The van der Waals surface area contributed by atoms with Gasteiger partial charge in [-0.05, 0) is 63.4 Å². The first-order valence-corrected chi connectivity index (χ1v) is 8.36. The summed E-state index contributed by atoms with van der Waals surface area (Å²) in [6, 6.07) is 8.47. The molecule has 122 valence electrons. The van der Waals surface area contributed by atoms with Crippen molar-refractivity contribution < 1.29 is 0 Å². The van der Waals surface area contributed by atoms with Crippen molar-refractivity contribution in [3.8, 4) is 0 Å². The van der Waals surface area contributed by atoms with Crippen molar-refractivity contribution in [3.63, 3.8) is 0 Å². The lowest BCUT2D eigenvalue weighted by Crippen LogP contribution is -2.38. The molecule has 0 saturated carbocycles. The van der Waals surface area contributed by atoms with E-state index in [1.165, 1.54) is 43.5 Å². The van der Waals surface area contributed by atoms with Gasteiger partial charge in [-0.3, -0.25) is 4.99 Å². The average molecular weight is 302 g/mol. The normalized spacial score (nSPS) is 17.5. The molecule has 4 nitrogen and oxygen atoms in total. The monoisotopic (exact) mass is 302 g/mol. The summed E-state index contributed by atoms with van der Waals surface area (Å²) in [6.07, 6.45) is 3.89. The largest absolute Gasteiger partial charge is 0.356 e. The van der Waals surface area contributed by atoms with Crippen molar-refractivity contribution in [2.24, 2.45) is 10.9 Å². The molecule has 1 aliphatic rings. The zero-order chi connectivity index (χ0) is 15.8. The molecule has 2 rings (SSSR count). The summed E-state index contributed by atoms with van der Waals surface area (Å²) in [7, 11) is 4.05. The van der Waals surface area contributed by atoms with Gasteiger partial charge in [0.05, 0.1) is 0 Å². The highest BCUT2D eigenvalue weighted by molar-refractivity contribution is 5.79. The van der Waals surface area contributed by atoms with Crippen LogP contribution in [0.15, 0.2) is 29.3 Å². The predicted octanol–water partition coefficient (Wildman–Crippen LogP) is 2.39. The first-order chi connectivity index (χ1) is 10.7. The fourth-order valence-corrected chi connectivity index (χ4v) is 2.95. The van der Waals surface area contributed by atoms with Gasteiger partial charge in [0, 0.05) is 20.1 Å². The van der Waals surface area contributed by atoms with Gasteiger partial charge in [0.25, 0.3) is 0 Å². The van der Waals surface area contributed by atoms with Crippen molar-refractivity contribution in [2.75, 3.05) is 33.7 Å². The third-order valence-electron chi connectivity index (χ3n) is 4.61. The van der Waals surface area contributed by atoms with Gasteiger partial charge >= 0.3 is 0 Å². The highest BCUT2D eigenvalue weighted by Gasteiger charge is 2.16. The minimum Gasteiger partial charge on any atom is -0.356 e. The molecule has 0 unspecified atom stereocenters. The fraction of sp³-hybridized carbons (Fsp3) is 0.611. The Morgan fingerprint density at radius 2 is 1.95 bits per heavy atom. The van der Waals surface area contributed by atoms with Crippen LogP contribution >= 0.6 is 0 Å². The molecule has 1 aromatic carbocycles. The maximum atomic E-state index is 4.31. The summed E-state index contributed by atoms with van der Waals surface area (Å²) in [5.41, 5.74) is 2.64. The van der Waals surface area contributed by atoms with Gasteiger partial charge in [0.15, 0.2) is 5.96 Å². The van der Waals surface area contributed by atoms with Crippen LogP contribution in [-0.4, -0.2) is 44.6 Å². The number of hydrogen-bond donors (Lipinski definition) is 2. The van der Waals surface area contributed by atoms with E-state index in [1.54, 1.807) is 0 Å². The van der Waals surface area contributed by atoms with Gasteiger partial charge in [-0.2, -0.15) is 0 Å². The van der Waals surface area contributed by atoms with Crippen LogP contribution in [0.25, 0.3) is 0 Å². The minimum atomic E-state index is 0.820. The Labute approximate surface area is 135 Å². The second-order valence-electron chi connectivity index (χ2n) is 6.31. The maximum Gasteiger partial charge on any atom is 0.191 e. The van der Waals surface area contributed by atoms with Crippen molar-refractivity contribution in [2.45, 2.75) is 32.7 Å². The smallest absolute Gasteiger partial charge is 0.191 e. The van der Waals surface area contributed by atoms with Crippen LogP contribution in [0.2, 0.25) is 0 Å². The van der Waals surface area contributed by atoms with E-state index >= 15 is 0 Å². The maximum absolute atomic E-state index is 4.31. The number of likely N-dealkylation sites (tertiary alicyclic amines) is 1. The van der Waals surface area contributed by atoms with Crippen LogP contribution in [0.5, 0.6) is 0 Å². The van der Waals surface area contributed by atoms with Gasteiger partial charge in [-0.25, -0.2) is 0 Å². The van der Waals surface area contributed by atoms with Crippen molar-refractivity contribution in [1.29, 1.82) is 0 Å². The molecule has 0 spiro atoms. The molecule has 1 aliphatic heterocycles. The van der Waals surface area contributed by atoms with E-state index in [1.807, 2.05) is 7.05 Å². The van der Waals surface area contributed by atoms with Crippen LogP contribution in [0.3, 0.4) is 0 Å². The Balaban J connectivity index is 1.68. The molecule has 1 fully saturated rings. The zero-order valence-electron chi connectivity index (χ0n) is 14.2. The topological polar surface area (TPSA) is 39.7 Å². The summed E-state index contributed by atoms with van der Waals surface area (Å²) >= 11 is 0. The van der Waals surface area contributed by atoms with E-state index in [9.17, 15) is 0 Å². The second-order valence-corrected chi connectivity index (χ2v) is 6.31. The predicted molar refractivity (Wildman–Crippen MR) is 94.2 cm³/mol. The molecule has 0 aromatic heterocycles. The zero-order valence-corrected chi connectivity index (χ0v) is 14.2. The van der Waals surface area contributed by atoms with Crippen molar-refractivity contribution in [1.82, 2.24) is 15.5 Å². The summed E-state index contributed by atoms with van der Waals surface area (Å²) in [5.74, 6) is 1.76. The standard InChI is InChI=1S/C18H30N4/c1-15-6-4-5-7-17(15)14-21-18(19-2)20-11-8-16-9-12-22(3)13-10-16/h4-7,16H,8-14H2,1-3H3,(H2,19,20,21). The molecule has 0 atom stereocenters. The molecule has 0 bridgehead atoms. The lowest BCUT2D eigenvalue weighted by atomic mass is 9.94. The molecule has 2 N–H and O–H groups in total. The number of aryl methyl sites for hydroxylation is 1. The SMILES string of the molecule is CN=C(NCCC1CCN(C)CC1)NCc1ccccc1C. The number of benzene rings is 1. The Hall–Kier alpha value is -1.55. The van der Waals surface area contributed by atoms with Gasteiger partial charge in [-0.1, -0.05) is 24.3 Å². The first kappa shape index (κ1) is 16.8. The molecule has 22 heavy (non-hydrogen) atoms. The van der Waals surface area contributed by atoms with Crippen molar-refractivity contribution >= 4 is 5.96 Å². The van der Waals surface area contributed by atoms with E-state index in [0.717, 1.165) is 25.0 Å². The number of nitrogens with zero attached hydrogens (tertiary/aromatic N) is 2. The summed E-state index contributed by atoms with van der Waals surface area (Å²) in [4.78, 5) is 6.74. The lowest BCUT2D eigenvalue weighted by Gasteiger charge is -2.29.